The van der Waals surface area contributed by atoms with Gasteiger partial charge in [0.1, 0.15) is 11.6 Å². The molecule has 0 N–H and O–H groups in total. The molecular weight excluding hydrogens is 495 g/mol. The van der Waals surface area contributed by atoms with Gasteiger partial charge in [-0.15, -0.1) is 0 Å². The summed E-state index contributed by atoms with van der Waals surface area (Å²) in [6.45, 7) is 12.1. The molecule has 1 aliphatic rings. The van der Waals surface area contributed by atoms with Gasteiger partial charge >= 0.3 is 7.12 Å². The number of aromatic nitrogens is 4. The van der Waals surface area contributed by atoms with Crippen LogP contribution in [0.15, 0.2) is 78.9 Å². The molecule has 0 radical (unpaired) electrons. The average molecular weight is 526 g/mol. The van der Waals surface area contributed by atoms with Crippen molar-refractivity contribution >= 4 is 45.2 Å². The van der Waals surface area contributed by atoms with Gasteiger partial charge in [0, 0.05) is 22.0 Å². The van der Waals surface area contributed by atoms with Crippen LogP contribution in [0.25, 0.3) is 49.7 Å². The van der Waals surface area contributed by atoms with Gasteiger partial charge < -0.3 is 13.9 Å². The van der Waals surface area contributed by atoms with Crippen molar-refractivity contribution in [3.05, 3.63) is 90.5 Å². The van der Waals surface area contributed by atoms with Crippen molar-refractivity contribution in [2.45, 2.75) is 52.7 Å². The van der Waals surface area contributed by atoms with E-state index in [1.54, 1.807) is 0 Å². The van der Waals surface area contributed by atoms with Crippen molar-refractivity contribution < 1.29 is 9.31 Å². The molecule has 4 aromatic carbocycles. The molecule has 2 aromatic heterocycles. The Morgan fingerprint density at radius 2 is 1.27 bits per heavy atom. The molecular formula is C33H31BN4O2. The summed E-state index contributed by atoms with van der Waals surface area (Å²) in [7, 11) is -0.578. The predicted molar refractivity (Wildman–Crippen MR) is 162 cm³/mol. The van der Waals surface area contributed by atoms with Gasteiger partial charge in [0.2, 0.25) is 0 Å². The van der Waals surface area contributed by atoms with E-state index in [4.69, 9.17) is 19.3 Å². The van der Waals surface area contributed by atoms with Crippen LogP contribution in [-0.2, 0) is 9.31 Å². The molecule has 7 rings (SSSR count). The molecule has 0 unspecified atom stereocenters. The second kappa shape index (κ2) is 8.72. The maximum atomic E-state index is 6.58. The Morgan fingerprint density at radius 1 is 0.650 bits per heavy atom. The van der Waals surface area contributed by atoms with Crippen molar-refractivity contribution in [2.24, 2.45) is 0 Å². The minimum absolute atomic E-state index is 0.484. The first-order valence-electron chi connectivity index (χ1n) is 13.7. The van der Waals surface area contributed by atoms with Crippen LogP contribution in [-0.4, -0.2) is 37.8 Å². The first-order chi connectivity index (χ1) is 19.1. The monoisotopic (exact) mass is 526 g/mol. The smallest absolute Gasteiger partial charge is 0.399 e. The highest BCUT2D eigenvalue weighted by Gasteiger charge is 2.52. The van der Waals surface area contributed by atoms with Gasteiger partial charge in [0.15, 0.2) is 5.82 Å². The average Bonchev–Trinajstić information content (AvgIpc) is 3.35. The third kappa shape index (κ3) is 3.84. The van der Waals surface area contributed by atoms with E-state index in [2.05, 4.69) is 116 Å². The van der Waals surface area contributed by atoms with Gasteiger partial charge in [-0.2, -0.15) is 0 Å². The fraction of sp³-hybridized carbons (Fsp3) is 0.242. The second-order valence-electron chi connectivity index (χ2n) is 11.7. The Labute approximate surface area is 234 Å². The number of hydrogen-bond acceptors (Lipinski definition) is 5. The minimum Gasteiger partial charge on any atom is -0.399 e. The van der Waals surface area contributed by atoms with E-state index in [-0.39, 0.29) is 0 Å². The lowest BCUT2D eigenvalue weighted by molar-refractivity contribution is 0.00578. The molecule has 0 saturated carbocycles. The van der Waals surface area contributed by atoms with Crippen LogP contribution in [0.2, 0.25) is 0 Å². The van der Waals surface area contributed by atoms with Crippen LogP contribution in [0.5, 0.6) is 0 Å². The van der Waals surface area contributed by atoms with Crippen LogP contribution in [0, 0.1) is 13.8 Å². The lowest BCUT2D eigenvalue weighted by Crippen LogP contribution is -2.41. The summed E-state index contributed by atoms with van der Waals surface area (Å²) >= 11 is 0. The molecule has 198 valence electrons. The topological polar surface area (TPSA) is 62.1 Å². The van der Waals surface area contributed by atoms with Gasteiger partial charge in [-0.05, 0) is 94.2 Å². The summed E-state index contributed by atoms with van der Waals surface area (Å²) < 4.78 is 15.5. The molecule has 6 aromatic rings. The van der Waals surface area contributed by atoms with Crippen molar-refractivity contribution in [1.82, 2.24) is 19.5 Å². The predicted octanol–water partition coefficient (Wildman–Crippen LogP) is 6.70. The van der Waals surface area contributed by atoms with Gasteiger partial charge in [-0.25, -0.2) is 15.0 Å². The van der Waals surface area contributed by atoms with Crippen LogP contribution in [0.4, 0.5) is 0 Å². The Hall–Kier alpha value is -4.07. The molecule has 0 spiro atoms. The molecule has 0 atom stereocenters. The Morgan fingerprint density at radius 3 is 1.98 bits per heavy atom. The maximum absolute atomic E-state index is 6.58. The van der Waals surface area contributed by atoms with E-state index in [1.807, 2.05) is 13.8 Å². The molecule has 0 amide bonds. The molecule has 0 bridgehead atoms. The summed E-state index contributed by atoms with van der Waals surface area (Å²) in [4.78, 5) is 13.8. The zero-order chi connectivity index (χ0) is 27.8. The molecule has 1 aliphatic heterocycles. The maximum Gasteiger partial charge on any atom is 0.495 e. The van der Waals surface area contributed by atoms with E-state index < -0.39 is 18.3 Å². The van der Waals surface area contributed by atoms with E-state index in [1.165, 1.54) is 21.5 Å². The number of aryl methyl sites for hydroxylation is 2. The Kier molecular flexibility index (Phi) is 5.43. The van der Waals surface area contributed by atoms with Crippen LogP contribution < -0.4 is 5.46 Å². The number of hydrogen-bond donors (Lipinski definition) is 0. The van der Waals surface area contributed by atoms with Gasteiger partial charge in [-0.3, -0.25) is 0 Å². The fourth-order valence-corrected chi connectivity index (χ4v) is 5.73. The number of nitrogens with zero attached hydrogens (tertiary/aromatic N) is 4. The highest BCUT2D eigenvalue weighted by atomic mass is 16.7. The van der Waals surface area contributed by atoms with Gasteiger partial charge in [-0.1, -0.05) is 42.5 Å². The quantitative estimate of drug-likeness (QED) is 0.240. The van der Waals surface area contributed by atoms with E-state index in [9.17, 15) is 0 Å². The zero-order valence-corrected chi connectivity index (χ0v) is 23.7. The molecule has 40 heavy (non-hydrogen) atoms. The largest absolute Gasteiger partial charge is 0.495 e. The van der Waals surface area contributed by atoms with Crippen LogP contribution >= 0.6 is 0 Å². The molecule has 1 fully saturated rings. The van der Waals surface area contributed by atoms with E-state index >= 15 is 0 Å². The molecule has 6 nitrogen and oxygen atoms in total. The standard InChI is InChI=1S/C33H31BN4O2/c1-20-35-21(2)37-31(36-20)26-16-15-24(19-28(26)34-39-32(3,4)33(5,6)40-34)38-29-14-10-9-13-25(29)27-17-22-11-7-8-12-23(22)18-30(27)38/h7-19H,1-6H3. The molecule has 0 aliphatic carbocycles. The fourth-order valence-electron chi connectivity index (χ4n) is 5.73. The molecule has 3 heterocycles. The Bertz CT molecular complexity index is 1920. The first-order valence-corrected chi connectivity index (χ1v) is 13.7. The van der Waals surface area contributed by atoms with E-state index in [0.717, 1.165) is 27.7 Å². The van der Waals surface area contributed by atoms with Crippen LogP contribution in [0.1, 0.15) is 39.3 Å². The van der Waals surface area contributed by atoms with Crippen molar-refractivity contribution in [3.8, 4) is 17.1 Å². The van der Waals surface area contributed by atoms with Gasteiger partial charge in [0.05, 0.1) is 22.2 Å². The van der Waals surface area contributed by atoms with Crippen molar-refractivity contribution in [3.63, 3.8) is 0 Å². The Balaban J connectivity index is 1.51. The lowest BCUT2D eigenvalue weighted by atomic mass is 9.75. The number of fused-ring (bicyclic) bond motifs is 4. The van der Waals surface area contributed by atoms with Crippen molar-refractivity contribution in [1.29, 1.82) is 0 Å². The molecule has 7 heteroatoms. The normalized spacial score (nSPS) is 16.4. The zero-order valence-electron chi connectivity index (χ0n) is 23.7. The van der Waals surface area contributed by atoms with Crippen molar-refractivity contribution in [2.75, 3.05) is 0 Å². The lowest BCUT2D eigenvalue weighted by Gasteiger charge is -2.32. The summed E-state index contributed by atoms with van der Waals surface area (Å²) in [6.07, 6.45) is 0. The van der Waals surface area contributed by atoms with Crippen LogP contribution in [0.3, 0.4) is 0 Å². The number of para-hydroxylation sites is 1. The summed E-state index contributed by atoms with van der Waals surface area (Å²) in [5, 5.41) is 4.87. The third-order valence-corrected chi connectivity index (χ3v) is 8.44. The van der Waals surface area contributed by atoms with Gasteiger partial charge in [0.25, 0.3) is 0 Å². The number of rotatable bonds is 3. The number of benzene rings is 4. The second-order valence-corrected chi connectivity index (χ2v) is 11.7. The minimum atomic E-state index is -0.578. The van der Waals surface area contributed by atoms with E-state index in [0.29, 0.717) is 17.5 Å². The first kappa shape index (κ1) is 24.9. The summed E-state index contributed by atoms with van der Waals surface area (Å²) in [5.41, 5.74) is 4.13. The molecule has 1 saturated heterocycles. The summed E-state index contributed by atoms with van der Waals surface area (Å²) in [6, 6.07) is 28.1. The summed E-state index contributed by atoms with van der Waals surface area (Å²) in [5.74, 6) is 1.98. The highest BCUT2D eigenvalue weighted by molar-refractivity contribution is 6.64. The SMILES string of the molecule is Cc1nc(C)nc(-c2ccc(-n3c4ccccc4c4cc5ccccc5cc43)cc2B2OC(C)(C)C(C)(C)O2)n1. The third-order valence-electron chi connectivity index (χ3n) is 8.44. The highest BCUT2D eigenvalue weighted by Crippen LogP contribution is 2.38.